The van der Waals surface area contributed by atoms with Crippen LogP contribution in [0.1, 0.15) is 57.8 Å². The Morgan fingerprint density at radius 1 is 1.15 bits per heavy atom. The van der Waals surface area contributed by atoms with E-state index in [4.69, 9.17) is 9.47 Å². The third-order valence-corrected chi connectivity index (χ3v) is 6.48. The van der Waals surface area contributed by atoms with Crippen LogP contribution >= 0.6 is 0 Å². The van der Waals surface area contributed by atoms with Gasteiger partial charge in [0.2, 0.25) is 5.78 Å². The first-order chi connectivity index (χ1) is 15.8. The van der Waals surface area contributed by atoms with Crippen molar-refractivity contribution in [2.75, 3.05) is 31.2 Å². The van der Waals surface area contributed by atoms with Crippen LogP contribution in [0.5, 0.6) is 0 Å². The number of hydrogen-bond acceptors (Lipinski definition) is 7. The molecule has 2 aromatic rings. The molecular weight excluding hydrogens is 426 g/mol. The molecule has 2 aliphatic heterocycles. The average Bonchev–Trinajstić information content (AvgIpc) is 3.56. The number of nitro benzene ring substituents is 1. The molecule has 0 amide bonds. The molecule has 0 spiro atoms. The maximum Gasteiger partial charge on any atom is 0.340 e. The Morgan fingerprint density at radius 2 is 1.91 bits per heavy atom. The summed E-state index contributed by atoms with van der Waals surface area (Å²) in [4.78, 5) is 38.5. The summed E-state index contributed by atoms with van der Waals surface area (Å²) in [6.07, 6.45) is 4.17. The van der Waals surface area contributed by atoms with Gasteiger partial charge in [0.25, 0.3) is 5.69 Å². The fourth-order valence-electron chi connectivity index (χ4n) is 4.68. The summed E-state index contributed by atoms with van der Waals surface area (Å²) in [5.74, 6) is -1.04. The highest BCUT2D eigenvalue weighted by molar-refractivity contribution is 6.02. The maximum atomic E-state index is 12.9. The van der Waals surface area contributed by atoms with E-state index in [9.17, 15) is 19.7 Å². The SMILES string of the molecule is Cc1cc(C(=O)COC(=O)c2cc([N+](=O)[O-])ccc2N2CCCC2)c(C)n1CC1CCCO1. The Labute approximate surface area is 192 Å². The van der Waals surface area contributed by atoms with Gasteiger partial charge >= 0.3 is 5.97 Å². The quantitative estimate of drug-likeness (QED) is 0.258. The molecular formula is C24H29N3O6. The first kappa shape index (κ1) is 23.0. The van der Waals surface area contributed by atoms with Crippen LogP contribution in [-0.2, 0) is 16.0 Å². The number of ketones is 1. The van der Waals surface area contributed by atoms with E-state index in [1.54, 1.807) is 6.07 Å². The van der Waals surface area contributed by atoms with Crippen LogP contribution in [0.15, 0.2) is 24.3 Å². The van der Waals surface area contributed by atoms with E-state index in [1.807, 2.05) is 24.8 Å². The number of rotatable bonds is 8. The number of Topliss-reactive ketones (excluding diaryl/α,β-unsaturated/α-hetero) is 1. The fraction of sp³-hybridized carbons (Fsp3) is 0.500. The summed E-state index contributed by atoms with van der Waals surface area (Å²) in [5, 5.41) is 11.2. The zero-order chi connectivity index (χ0) is 23.5. The van der Waals surface area contributed by atoms with Gasteiger partial charge < -0.3 is 18.9 Å². The Balaban J connectivity index is 1.48. The number of benzene rings is 1. The standard InChI is InChI=1S/C24H29N3O6/c1-16-12-20(17(2)26(16)14-19-6-5-11-32-19)23(28)15-33-24(29)21-13-18(27(30)31)7-8-22(21)25-9-3-4-10-25/h7-8,12-13,19H,3-6,9-11,14-15H2,1-2H3. The Hall–Kier alpha value is -3.20. The molecule has 33 heavy (non-hydrogen) atoms. The molecule has 2 fully saturated rings. The summed E-state index contributed by atoms with van der Waals surface area (Å²) < 4.78 is 13.1. The van der Waals surface area contributed by atoms with Crippen LogP contribution in [0.3, 0.4) is 0 Å². The van der Waals surface area contributed by atoms with Crippen molar-refractivity contribution in [2.45, 2.75) is 52.2 Å². The lowest BCUT2D eigenvalue weighted by atomic mass is 10.1. The van der Waals surface area contributed by atoms with E-state index in [1.165, 1.54) is 12.1 Å². The number of esters is 1. The molecule has 176 valence electrons. The minimum Gasteiger partial charge on any atom is -0.454 e. The third kappa shape index (κ3) is 4.93. The lowest BCUT2D eigenvalue weighted by molar-refractivity contribution is -0.384. The van der Waals surface area contributed by atoms with E-state index < -0.39 is 17.5 Å². The zero-order valence-corrected chi connectivity index (χ0v) is 19.0. The van der Waals surface area contributed by atoms with E-state index in [-0.39, 0.29) is 23.1 Å². The van der Waals surface area contributed by atoms with Crippen molar-refractivity contribution in [3.05, 3.63) is 56.9 Å². The molecule has 4 rings (SSSR count). The van der Waals surface area contributed by atoms with E-state index in [0.717, 1.165) is 56.8 Å². The number of nitrogens with zero attached hydrogens (tertiary/aromatic N) is 3. The Kier molecular flexibility index (Phi) is 6.78. The van der Waals surface area contributed by atoms with Crippen molar-refractivity contribution in [1.29, 1.82) is 0 Å². The molecule has 9 nitrogen and oxygen atoms in total. The predicted molar refractivity (Wildman–Crippen MR) is 122 cm³/mol. The maximum absolute atomic E-state index is 12.9. The number of hydrogen-bond donors (Lipinski definition) is 0. The van der Waals surface area contributed by atoms with Gasteiger partial charge in [-0.3, -0.25) is 14.9 Å². The molecule has 2 aliphatic rings. The van der Waals surface area contributed by atoms with Gasteiger partial charge in [-0.05, 0) is 51.7 Å². The average molecular weight is 456 g/mol. The molecule has 1 atom stereocenters. The second kappa shape index (κ2) is 9.74. The number of nitro groups is 1. The van der Waals surface area contributed by atoms with Gasteiger partial charge in [0.05, 0.1) is 22.3 Å². The first-order valence-electron chi connectivity index (χ1n) is 11.4. The molecule has 0 radical (unpaired) electrons. The van der Waals surface area contributed by atoms with Crippen LogP contribution in [0, 0.1) is 24.0 Å². The lowest BCUT2D eigenvalue weighted by Crippen LogP contribution is -2.22. The molecule has 2 saturated heterocycles. The van der Waals surface area contributed by atoms with Crippen molar-refractivity contribution >= 4 is 23.1 Å². The van der Waals surface area contributed by atoms with Crippen molar-refractivity contribution in [2.24, 2.45) is 0 Å². The van der Waals surface area contributed by atoms with Crippen molar-refractivity contribution in [3.8, 4) is 0 Å². The molecule has 0 bridgehead atoms. The van der Waals surface area contributed by atoms with Crippen LogP contribution in [0.4, 0.5) is 11.4 Å². The topological polar surface area (TPSA) is 104 Å². The summed E-state index contributed by atoms with van der Waals surface area (Å²) >= 11 is 0. The van der Waals surface area contributed by atoms with Gasteiger partial charge in [-0.2, -0.15) is 0 Å². The summed E-state index contributed by atoms with van der Waals surface area (Å²) in [6, 6.07) is 6.01. The summed E-state index contributed by atoms with van der Waals surface area (Å²) in [6.45, 7) is 6.40. The molecule has 0 N–H and O–H groups in total. The minimum absolute atomic E-state index is 0.114. The highest BCUT2D eigenvalue weighted by atomic mass is 16.6. The molecule has 1 aromatic heterocycles. The third-order valence-electron chi connectivity index (χ3n) is 6.48. The van der Waals surface area contributed by atoms with Gasteiger partial charge in [0.15, 0.2) is 6.61 Å². The normalized spacial score (nSPS) is 18.0. The van der Waals surface area contributed by atoms with Crippen LogP contribution < -0.4 is 4.90 Å². The van der Waals surface area contributed by atoms with E-state index in [0.29, 0.717) is 17.8 Å². The Morgan fingerprint density at radius 3 is 2.58 bits per heavy atom. The van der Waals surface area contributed by atoms with Gasteiger partial charge in [-0.15, -0.1) is 0 Å². The largest absolute Gasteiger partial charge is 0.454 e. The second-order valence-corrected chi connectivity index (χ2v) is 8.68. The molecule has 1 unspecified atom stereocenters. The molecule has 0 saturated carbocycles. The first-order valence-corrected chi connectivity index (χ1v) is 11.4. The van der Waals surface area contributed by atoms with Crippen LogP contribution in [-0.4, -0.2) is 53.7 Å². The van der Waals surface area contributed by atoms with Crippen LogP contribution in [0.2, 0.25) is 0 Å². The van der Waals surface area contributed by atoms with Crippen molar-refractivity contribution < 1.29 is 24.0 Å². The van der Waals surface area contributed by atoms with E-state index in [2.05, 4.69) is 4.57 Å². The number of carbonyl (C=O) groups excluding carboxylic acids is 2. The van der Waals surface area contributed by atoms with Crippen LogP contribution in [0.25, 0.3) is 0 Å². The molecule has 9 heteroatoms. The fourth-order valence-corrected chi connectivity index (χ4v) is 4.68. The molecule has 0 aliphatic carbocycles. The highest BCUT2D eigenvalue weighted by Gasteiger charge is 2.25. The smallest absolute Gasteiger partial charge is 0.340 e. The van der Waals surface area contributed by atoms with Crippen molar-refractivity contribution in [1.82, 2.24) is 4.57 Å². The second-order valence-electron chi connectivity index (χ2n) is 8.68. The molecule has 3 heterocycles. The summed E-state index contributed by atoms with van der Waals surface area (Å²) in [5.41, 5.74) is 2.81. The minimum atomic E-state index is -0.734. The van der Waals surface area contributed by atoms with Gasteiger partial charge in [-0.25, -0.2) is 4.79 Å². The van der Waals surface area contributed by atoms with Crippen molar-refractivity contribution in [3.63, 3.8) is 0 Å². The highest BCUT2D eigenvalue weighted by Crippen LogP contribution is 2.29. The number of ether oxygens (including phenoxy) is 2. The van der Waals surface area contributed by atoms with Gasteiger partial charge in [0.1, 0.15) is 0 Å². The van der Waals surface area contributed by atoms with Gasteiger partial charge in [0, 0.05) is 55.3 Å². The zero-order valence-electron chi connectivity index (χ0n) is 19.0. The number of non-ortho nitro benzene ring substituents is 1. The Bertz CT molecular complexity index is 1060. The molecule has 1 aromatic carbocycles. The number of aryl methyl sites for hydroxylation is 1. The summed E-state index contributed by atoms with van der Waals surface area (Å²) in [7, 11) is 0. The van der Waals surface area contributed by atoms with Gasteiger partial charge in [-0.1, -0.05) is 0 Å². The number of anilines is 1. The lowest BCUT2D eigenvalue weighted by Gasteiger charge is -2.20. The monoisotopic (exact) mass is 455 g/mol. The predicted octanol–water partition coefficient (Wildman–Crippen LogP) is 3.83. The number of aromatic nitrogens is 1. The number of carbonyl (C=O) groups is 2. The van der Waals surface area contributed by atoms with E-state index >= 15 is 0 Å².